The number of alkyl halides is 3. The zero-order chi connectivity index (χ0) is 10.9. The van der Waals surface area contributed by atoms with Crippen molar-refractivity contribution in [3.05, 3.63) is 19.7 Å². The molecule has 0 atom stereocenters. The summed E-state index contributed by atoms with van der Waals surface area (Å²) < 4.78 is 36.2. The molecular weight excluding hydrogens is 355 g/mol. The summed E-state index contributed by atoms with van der Waals surface area (Å²) in [4.78, 5) is 6.92. The van der Waals surface area contributed by atoms with Gasteiger partial charge >= 0.3 is 6.18 Å². The van der Waals surface area contributed by atoms with Gasteiger partial charge in [-0.2, -0.15) is 13.2 Å². The third kappa shape index (κ3) is 3.39. The first-order chi connectivity index (χ1) is 6.29. The monoisotopic (exact) mass is 356 g/mol. The fourth-order valence-corrected chi connectivity index (χ4v) is 1.36. The van der Waals surface area contributed by atoms with Crippen LogP contribution in [0, 0.1) is 3.57 Å². The first kappa shape index (κ1) is 12.3. The Morgan fingerprint density at radius 2 is 1.57 bits per heavy atom. The van der Waals surface area contributed by atoms with Crippen LogP contribution in [0.25, 0.3) is 0 Å². The van der Waals surface area contributed by atoms with E-state index < -0.39 is 18.4 Å². The summed E-state index contributed by atoms with van der Waals surface area (Å²) in [6.45, 7) is 0. The maximum atomic E-state index is 11.9. The van der Waals surface area contributed by atoms with Crippen LogP contribution in [-0.4, -0.2) is 16.1 Å². The van der Waals surface area contributed by atoms with Crippen molar-refractivity contribution in [1.82, 2.24) is 9.97 Å². The van der Waals surface area contributed by atoms with E-state index in [0.29, 0.717) is 3.57 Å². The van der Waals surface area contributed by atoms with E-state index in [1.807, 2.05) is 0 Å². The molecule has 0 unspecified atom stereocenters. The highest BCUT2D eigenvalue weighted by molar-refractivity contribution is 14.1. The SMILES string of the molecule is FC(F)(F)Cc1nc(Cl)c(I)c(Cl)n1. The zero-order valence-corrected chi connectivity index (χ0v) is 10.0. The van der Waals surface area contributed by atoms with E-state index in [1.165, 1.54) is 0 Å². The molecule has 0 N–H and O–H groups in total. The molecule has 0 aromatic carbocycles. The maximum absolute atomic E-state index is 11.9. The normalized spacial score (nSPS) is 11.9. The Labute approximate surface area is 101 Å². The summed E-state index contributed by atoms with van der Waals surface area (Å²) in [5.74, 6) is -0.423. The van der Waals surface area contributed by atoms with Gasteiger partial charge in [0.2, 0.25) is 0 Å². The molecule has 0 bridgehead atoms. The summed E-state index contributed by atoms with van der Waals surface area (Å²) in [5, 5.41) is -0.130. The molecule has 1 heterocycles. The first-order valence-corrected chi connectivity index (χ1v) is 5.07. The summed E-state index contributed by atoms with van der Waals surface area (Å²) in [6.07, 6.45) is -5.59. The van der Waals surface area contributed by atoms with Crippen LogP contribution in [0.1, 0.15) is 5.82 Å². The van der Waals surface area contributed by atoms with Crippen molar-refractivity contribution in [2.75, 3.05) is 0 Å². The van der Waals surface area contributed by atoms with Gasteiger partial charge in [0.15, 0.2) is 0 Å². The highest BCUT2D eigenvalue weighted by Crippen LogP contribution is 2.25. The van der Waals surface area contributed by atoms with Crippen molar-refractivity contribution in [2.45, 2.75) is 12.6 Å². The number of rotatable bonds is 1. The number of nitrogens with zero attached hydrogens (tertiary/aromatic N) is 2. The van der Waals surface area contributed by atoms with Gasteiger partial charge in [0, 0.05) is 0 Å². The summed E-state index contributed by atoms with van der Waals surface area (Å²) >= 11 is 12.8. The standard InChI is InChI=1S/C6H2Cl2F3IN2/c7-4-3(12)5(8)14-2(13-4)1-6(9,10)11/h1H2. The molecule has 1 aromatic heterocycles. The predicted molar refractivity (Wildman–Crippen MR) is 54.5 cm³/mol. The first-order valence-electron chi connectivity index (χ1n) is 3.24. The summed E-state index contributed by atoms with van der Waals surface area (Å²) in [5.41, 5.74) is 0. The Balaban J connectivity index is 3.02. The average Bonchev–Trinajstić information content (AvgIpc) is 1.96. The molecular formula is C6H2Cl2F3IN2. The molecule has 0 aliphatic heterocycles. The van der Waals surface area contributed by atoms with E-state index in [0.717, 1.165) is 0 Å². The van der Waals surface area contributed by atoms with E-state index >= 15 is 0 Å². The Morgan fingerprint density at radius 3 is 1.93 bits per heavy atom. The van der Waals surface area contributed by atoms with Crippen molar-refractivity contribution in [2.24, 2.45) is 0 Å². The minimum absolute atomic E-state index is 0.0650. The van der Waals surface area contributed by atoms with Crippen LogP contribution in [0.4, 0.5) is 13.2 Å². The summed E-state index contributed by atoms with van der Waals surface area (Å²) in [7, 11) is 0. The third-order valence-corrected chi connectivity index (χ3v) is 3.38. The van der Waals surface area contributed by atoms with Crippen LogP contribution in [0.2, 0.25) is 10.3 Å². The van der Waals surface area contributed by atoms with Crippen molar-refractivity contribution in [3.63, 3.8) is 0 Å². The van der Waals surface area contributed by atoms with Gasteiger partial charge < -0.3 is 0 Å². The maximum Gasteiger partial charge on any atom is 0.396 e. The molecule has 0 saturated heterocycles. The zero-order valence-electron chi connectivity index (χ0n) is 6.37. The number of hydrogen-bond donors (Lipinski definition) is 0. The molecule has 0 saturated carbocycles. The topological polar surface area (TPSA) is 25.8 Å². The molecule has 0 aliphatic rings. The lowest BCUT2D eigenvalue weighted by Crippen LogP contribution is -2.14. The molecule has 1 aromatic rings. The van der Waals surface area contributed by atoms with Gasteiger partial charge in [-0.15, -0.1) is 0 Å². The Hall–Kier alpha value is 0.180. The molecule has 0 fully saturated rings. The van der Waals surface area contributed by atoms with Gasteiger partial charge in [-0.1, -0.05) is 23.2 Å². The fraction of sp³-hybridized carbons (Fsp3) is 0.333. The van der Waals surface area contributed by atoms with Crippen molar-refractivity contribution >= 4 is 45.8 Å². The second-order valence-corrected chi connectivity index (χ2v) is 4.12. The molecule has 0 aliphatic carbocycles. The van der Waals surface area contributed by atoms with Gasteiger partial charge in [-0.25, -0.2) is 9.97 Å². The number of halogens is 6. The molecule has 78 valence electrons. The highest BCUT2D eigenvalue weighted by Gasteiger charge is 2.30. The van der Waals surface area contributed by atoms with Gasteiger partial charge in [0.05, 0.1) is 3.57 Å². The minimum atomic E-state index is -4.36. The molecule has 2 nitrogen and oxygen atoms in total. The quantitative estimate of drug-likeness (QED) is 0.568. The van der Waals surface area contributed by atoms with Crippen LogP contribution in [0.3, 0.4) is 0 Å². The molecule has 0 amide bonds. The van der Waals surface area contributed by atoms with Gasteiger partial charge in [0.25, 0.3) is 0 Å². The van der Waals surface area contributed by atoms with E-state index in [4.69, 9.17) is 23.2 Å². The van der Waals surface area contributed by atoms with Crippen molar-refractivity contribution in [3.8, 4) is 0 Å². The smallest absolute Gasteiger partial charge is 0.220 e. The molecule has 1 rings (SSSR count). The van der Waals surface area contributed by atoms with Crippen molar-refractivity contribution < 1.29 is 13.2 Å². The predicted octanol–water partition coefficient (Wildman–Crippen LogP) is 3.49. The van der Waals surface area contributed by atoms with Crippen LogP contribution >= 0.6 is 45.8 Å². The molecule has 8 heteroatoms. The second-order valence-electron chi connectivity index (χ2n) is 2.33. The lowest BCUT2D eigenvalue weighted by molar-refractivity contribution is -0.128. The number of hydrogen-bond acceptors (Lipinski definition) is 2. The molecule has 0 spiro atoms. The van der Waals surface area contributed by atoms with Gasteiger partial charge in [0.1, 0.15) is 22.6 Å². The van der Waals surface area contributed by atoms with Gasteiger partial charge in [-0.05, 0) is 22.6 Å². The minimum Gasteiger partial charge on any atom is -0.220 e. The third-order valence-electron chi connectivity index (χ3n) is 1.18. The lowest BCUT2D eigenvalue weighted by atomic mass is 10.4. The Morgan fingerprint density at radius 1 is 1.14 bits per heavy atom. The molecule has 14 heavy (non-hydrogen) atoms. The van der Waals surface area contributed by atoms with Crippen LogP contribution in [0.15, 0.2) is 0 Å². The summed E-state index contributed by atoms with van der Waals surface area (Å²) in [6, 6.07) is 0. The van der Waals surface area contributed by atoms with Gasteiger partial charge in [-0.3, -0.25) is 0 Å². The van der Waals surface area contributed by atoms with Crippen LogP contribution in [0.5, 0.6) is 0 Å². The van der Waals surface area contributed by atoms with Crippen molar-refractivity contribution in [1.29, 1.82) is 0 Å². The molecule has 0 radical (unpaired) electrons. The Kier molecular flexibility index (Phi) is 3.81. The fourth-order valence-electron chi connectivity index (χ4n) is 0.693. The lowest BCUT2D eigenvalue weighted by Gasteiger charge is -2.06. The van der Waals surface area contributed by atoms with E-state index in [9.17, 15) is 13.2 Å². The highest BCUT2D eigenvalue weighted by atomic mass is 127. The number of aromatic nitrogens is 2. The van der Waals surface area contributed by atoms with Crippen LogP contribution in [-0.2, 0) is 6.42 Å². The average molecular weight is 357 g/mol. The van der Waals surface area contributed by atoms with Crippen LogP contribution < -0.4 is 0 Å². The van der Waals surface area contributed by atoms with E-state index in [2.05, 4.69) is 9.97 Å². The van der Waals surface area contributed by atoms with E-state index in [-0.39, 0.29) is 10.3 Å². The Bertz CT molecular complexity index is 332. The largest absolute Gasteiger partial charge is 0.396 e. The second kappa shape index (κ2) is 4.36. The van der Waals surface area contributed by atoms with E-state index in [1.54, 1.807) is 22.6 Å².